The van der Waals surface area contributed by atoms with Crippen molar-refractivity contribution in [2.75, 3.05) is 6.54 Å². The van der Waals surface area contributed by atoms with Crippen LogP contribution in [-0.4, -0.2) is 18.6 Å². The highest BCUT2D eigenvalue weighted by Crippen LogP contribution is 2.44. The molecule has 1 fully saturated rings. The molecule has 3 heteroatoms. The molecule has 1 atom stereocenters. The van der Waals surface area contributed by atoms with Crippen molar-refractivity contribution < 1.29 is 4.79 Å². The molecule has 1 unspecified atom stereocenters. The lowest BCUT2D eigenvalue weighted by Crippen LogP contribution is -2.39. The van der Waals surface area contributed by atoms with Crippen LogP contribution < -0.4 is 10.6 Å². The third-order valence-electron chi connectivity index (χ3n) is 2.49. The summed E-state index contributed by atoms with van der Waals surface area (Å²) in [4.78, 5) is 11.3. The Labute approximate surface area is 80.3 Å². The smallest absolute Gasteiger partial charge is 0.315 e. The molecule has 1 aliphatic rings. The SMILES string of the molecule is CC(C)CNC(=O)NC1CC1(C)C. The summed E-state index contributed by atoms with van der Waals surface area (Å²) in [6.07, 6.45) is 1.10. The minimum Gasteiger partial charge on any atom is -0.338 e. The molecule has 0 aromatic rings. The third kappa shape index (κ3) is 3.25. The molecule has 0 aromatic heterocycles. The largest absolute Gasteiger partial charge is 0.338 e. The van der Waals surface area contributed by atoms with Crippen molar-refractivity contribution in [3.63, 3.8) is 0 Å². The first-order valence-corrected chi connectivity index (χ1v) is 4.96. The van der Waals surface area contributed by atoms with Crippen molar-refractivity contribution in [1.29, 1.82) is 0 Å². The summed E-state index contributed by atoms with van der Waals surface area (Å²) in [7, 11) is 0. The maximum Gasteiger partial charge on any atom is 0.315 e. The van der Waals surface area contributed by atoms with Crippen molar-refractivity contribution in [3.8, 4) is 0 Å². The van der Waals surface area contributed by atoms with E-state index in [1.165, 1.54) is 0 Å². The van der Waals surface area contributed by atoms with Crippen LogP contribution in [0, 0.1) is 11.3 Å². The first-order valence-electron chi connectivity index (χ1n) is 4.96. The van der Waals surface area contributed by atoms with E-state index in [-0.39, 0.29) is 6.03 Å². The fourth-order valence-electron chi connectivity index (χ4n) is 1.22. The van der Waals surface area contributed by atoms with Gasteiger partial charge in [0, 0.05) is 12.6 Å². The van der Waals surface area contributed by atoms with Gasteiger partial charge in [-0.25, -0.2) is 4.79 Å². The zero-order valence-electron chi connectivity index (χ0n) is 8.98. The molecule has 0 bridgehead atoms. The predicted octanol–water partition coefficient (Wildman–Crippen LogP) is 1.74. The summed E-state index contributed by atoms with van der Waals surface area (Å²) in [5.41, 5.74) is 0.315. The molecule has 1 aliphatic carbocycles. The third-order valence-corrected chi connectivity index (χ3v) is 2.49. The Morgan fingerprint density at radius 1 is 1.54 bits per heavy atom. The van der Waals surface area contributed by atoms with Gasteiger partial charge >= 0.3 is 6.03 Å². The van der Waals surface area contributed by atoms with Gasteiger partial charge in [-0.2, -0.15) is 0 Å². The first-order chi connectivity index (χ1) is 5.92. The van der Waals surface area contributed by atoms with Gasteiger partial charge in [-0.05, 0) is 17.8 Å². The lowest BCUT2D eigenvalue weighted by atomic mass is 10.2. The molecular weight excluding hydrogens is 164 g/mol. The highest BCUT2D eigenvalue weighted by atomic mass is 16.2. The quantitative estimate of drug-likeness (QED) is 0.689. The van der Waals surface area contributed by atoms with Crippen LogP contribution in [0.4, 0.5) is 4.79 Å². The normalized spacial score (nSPS) is 24.2. The van der Waals surface area contributed by atoms with Crippen LogP contribution in [0.25, 0.3) is 0 Å². The highest BCUT2D eigenvalue weighted by Gasteiger charge is 2.46. The van der Waals surface area contributed by atoms with Gasteiger partial charge in [0.15, 0.2) is 0 Å². The summed E-state index contributed by atoms with van der Waals surface area (Å²) >= 11 is 0. The average Bonchev–Trinajstić information content (AvgIpc) is 2.54. The number of amides is 2. The molecule has 0 spiro atoms. The number of urea groups is 1. The Balaban J connectivity index is 2.13. The Bertz CT molecular complexity index is 199. The van der Waals surface area contributed by atoms with E-state index in [9.17, 15) is 4.79 Å². The van der Waals surface area contributed by atoms with E-state index in [0.29, 0.717) is 17.4 Å². The van der Waals surface area contributed by atoms with E-state index in [1.807, 2.05) is 0 Å². The molecule has 13 heavy (non-hydrogen) atoms. The average molecular weight is 184 g/mol. The Kier molecular flexibility index (Phi) is 2.84. The molecule has 0 aliphatic heterocycles. The van der Waals surface area contributed by atoms with Gasteiger partial charge < -0.3 is 10.6 Å². The van der Waals surface area contributed by atoms with Crippen LogP contribution in [0.5, 0.6) is 0 Å². The van der Waals surface area contributed by atoms with Crippen molar-refractivity contribution in [2.24, 2.45) is 11.3 Å². The fourth-order valence-corrected chi connectivity index (χ4v) is 1.22. The molecule has 76 valence electrons. The van der Waals surface area contributed by atoms with Crippen LogP contribution in [0.15, 0.2) is 0 Å². The summed E-state index contributed by atoms with van der Waals surface area (Å²) < 4.78 is 0. The van der Waals surface area contributed by atoms with Gasteiger partial charge in [0.1, 0.15) is 0 Å². The number of carbonyl (C=O) groups is 1. The number of hydrogen-bond acceptors (Lipinski definition) is 1. The minimum atomic E-state index is -0.0238. The summed E-state index contributed by atoms with van der Waals surface area (Å²) in [6, 6.07) is 0.351. The molecule has 0 heterocycles. The molecule has 0 aromatic carbocycles. The number of hydrogen-bond donors (Lipinski definition) is 2. The minimum absolute atomic E-state index is 0.0238. The molecular formula is C10H20N2O. The van der Waals surface area contributed by atoms with E-state index in [0.717, 1.165) is 13.0 Å². The lowest BCUT2D eigenvalue weighted by Gasteiger charge is -2.10. The van der Waals surface area contributed by atoms with Gasteiger partial charge in [-0.15, -0.1) is 0 Å². The number of rotatable bonds is 3. The van der Waals surface area contributed by atoms with Crippen molar-refractivity contribution in [2.45, 2.75) is 40.2 Å². The lowest BCUT2D eigenvalue weighted by molar-refractivity contribution is 0.238. The second kappa shape index (κ2) is 3.56. The van der Waals surface area contributed by atoms with Crippen molar-refractivity contribution in [1.82, 2.24) is 10.6 Å². The van der Waals surface area contributed by atoms with Gasteiger partial charge in [0.2, 0.25) is 0 Å². The second-order valence-electron chi connectivity index (χ2n) is 4.99. The number of nitrogens with one attached hydrogen (secondary N) is 2. The van der Waals surface area contributed by atoms with Crippen LogP contribution in [0.1, 0.15) is 34.1 Å². The zero-order chi connectivity index (χ0) is 10.1. The molecule has 0 radical (unpaired) electrons. The van der Waals surface area contributed by atoms with E-state index < -0.39 is 0 Å². The first kappa shape index (κ1) is 10.4. The molecule has 1 rings (SSSR count). The molecule has 0 saturated heterocycles. The van der Waals surface area contributed by atoms with Crippen LogP contribution in [-0.2, 0) is 0 Å². The second-order valence-corrected chi connectivity index (χ2v) is 4.99. The Morgan fingerprint density at radius 3 is 2.46 bits per heavy atom. The van der Waals surface area contributed by atoms with Crippen LogP contribution in [0.3, 0.4) is 0 Å². The topological polar surface area (TPSA) is 41.1 Å². The monoisotopic (exact) mass is 184 g/mol. The molecule has 2 N–H and O–H groups in total. The van der Waals surface area contributed by atoms with Gasteiger partial charge in [-0.3, -0.25) is 0 Å². The van der Waals surface area contributed by atoms with Crippen LogP contribution in [0.2, 0.25) is 0 Å². The predicted molar refractivity (Wildman–Crippen MR) is 53.6 cm³/mol. The van der Waals surface area contributed by atoms with E-state index in [4.69, 9.17) is 0 Å². The number of carbonyl (C=O) groups excluding carboxylic acids is 1. The molecule has 3 nitrogen and oxygen atoms in total. The summed E-state index contributed by atoms with van der Waals surface area (Å²) in [6.45, 7) is 9.25. The van der Waals surface area contributed by atoms with E-state index >= 15 is 0 Å². The van der Waals surface area contributed by atoms with Gasteiger partial charge in [-0.1, -0.05) is 27.7 Å². The Morgan fingerprint density at radius 2 is 2.08 bits per heavy atom. The summed E-state index contributed by atoms with van der Waals surface area (Å²) in [5.74, 6) is 0.512. The highest BCUT2D eigenvalue weighted by molar-refractivity contribution is 5.74. The Hall–Kier alpha value is -0.730. The standard InChI is InChI=1S/C10H20N2O/c1-7(2)6-11-9(13)12-8-5-10(8,3)4/h7-8H,5-6H2,1-4H3,(H2,11,12,13). The molecule has 1 saturated carbocycles. The maximum absolute atomic E-state index is 11.3. The maximum atomic E-state index is 11.3. The van der Waals surface area contributed by atoms with Crippen molar-refractivity contribution in [3.05, 3.63) is 0 Å². The summed E-state index contributed by atoms with van der Waals surface area (Å²) in [5, 5.41) is 5.79. The van der Waals surface area contributed by atoms with E-state index in [2.05, 4.69) is 38.3 Å². The van der Waals surface area contributed by atoms with Gasteiger partial charge in [0.25, 0.3) is 0 Å². The van der Waals surface area contributed by atoms with Gasteiger partial charge in [0.05, 0.1) is 0 Å². The fraction of sp³-hybridized carbons (Fsp3) is 0.900. The van der Waals surface area contributed by atoms with E-state index in [1.54, 1.807) is 0 Å². The van der Waals surface area contributed by atoms with Crippen molar-refractivity contribution >= 4 is 6.03 Å². The zero-order valence-corrected chi connectivity index (χ0v) is 8.98. The van der Waals surface area contributed by atoms with Crippen LogP contribution >= 0.6 is 0 Å². The molecule has 2 amide bonds.